The predicted molar refractivity (Wildman–Crippen MR) is 72.4 cm³/mol. The first-order valence-electron chi connectivity index (χ1n) is 6.30. The average Bonchev–Trinajstić information content (AvgIpc) is 2.34. The van der Waals surface area contributed by atoms with Gasteiger partial charge in [-0.05, 0) is 19.2 Å². The van der Waals surface area contributed by atoms with Crippen molar-refractivity contribution in [3.63, 3.8) is 0 Å². The van der Waals surface area contributed by atoms with Gasteiger partial charge in [-0.1, -0.05) is 6.07 Å². The lowest BCUT2D eigenvalue weighted by molar-refractivity contribution is 0.147. The van der Waals surface area contributed by atoms with Gasteiger partial charge in [0, 0.05) is 44.0 Å². The Labute approximate surface area is 112 Å². The van der Waals surface area contributed by atoms with Crippen LogP contribution in [0.2, 0.25) is 0 Å². The molecule has 0 spiro atoms. The minimum atomic E-state index is -0.689. The molecule has 1 heterocycles. The van der Waals surface area contributed by atoms with E-state index >= 15 is 0 Å². The van der Waals surface area contributed by atoms with Gasteiger partial charge in [-0.25, -0.2) is 9.18 Å². The fourth-order valence-electron chi connectivity index (χ4n) is 2.14. The first-order chi connectivity index (χ1) is 9.04. The van der Waals surface area contributed by atoms with Gasteiger partial charge in [-0.15, -0.1) is 0 Å². The number of carbonyl (C=O) groups is 1. The highest BCUT2D eigenvalue weighted by Crippen LogP contribution is 2.17. The molecule has 104 valence electrons. The average molecular weight is 266 g/mol. The summed E-state index contributed by atoms with van der Waals surface area (Å²) in [5.74, 6) is -0.315. The number of carbonyl (C=O) groups excluding carboxylic acids is 1. The SMILES string of the molecule is CN1CCN(Cc2ccc(NC(N)=O)cc2F)CC1. The van der Waals surface area contributed by atoms with Gasteiger partial charge >= 0.3 is 6.03 Å². The third-order valence-corrected chi connectivity index (χ3v) is 3.31. The zero-order valence-electron chi connectivity index (χ0n) is 11.0. The maximum Gasteiger partial charge on any atom is 0.316 e. The predicted octanol–water partition coefficient (Wildman–Crippen LogP) is 1.06. The van der Waals surface area contributed by atoms with Gasteiger partial charge in [0.2, 0.25) is 0 Å². The molecule has 19 heavy (non-hydrogen) atoms. The Balaban J connectivity index is 1.99. The molecule has 6 heteroatoms. The first-order valence-corrected chi connectivity index (χ1v) is 6.30. The van der Waals surface area contributed by atoms with Crippen molar-refractivity contribution in [3.8, 4) is 0 Å². The Morgan fingerprint density at radius 1 is 1.37 bits per heavy atom. The molecule has 1 aliphatic heterocycles. The zero-order valence-corrected chi connectivity index (χ0v) is 11.0. The number of hydrogen-bond acceptors (Lipinski definition) is 3. The van der Waals surface area contributed by atoms with E-state index in [2.05, 4.69) is 22.2 Å². The minimum absolute atomic E-state index is 0.315. The van der Waals surface area contributed by atoms with Crippen molar-refractivity contribution in [1.29, 1.82) is 0 Å². The van der Waals surface area contributed by atoms with Gasteiger partial charge in [-0.2, -0.15) is 0 Å². The lowest BCUT2D eigenvalue weighted by Crippen LogP contribution is -2.44. The van der Waals surface area contributed by atoms with Crippen molar-refractivity contribution in [3.05, 3.63) is 29.6 Å². The molecule has 0 atom stereocenters. The lowest BCUT2D eigenvalue weighted by Gasteiger charge is -2.32. The number of rotatable bonds is 3. The van der Waals surface area contributed by atoms with E-state index < -0.39 is 6.03 Å². The van der Waals surface area contributed by atoms with Crippen molar-refractivity contribution in [2.24, 2.45) is 5.73 Å². The normalized spacial score (nSPS) is 17.4. The number of primary amides is 1. The van der Waals surface area contributed by atoms with Gasteiger partial charge in [0.05, 0.1) is 0 Å². The van der Waals surface area contributed by atoms with Crippen LogP contribution in [0.4, 0.5) is 14.9 Å². The smallest absolute Gasteiger partial charge is 0.316 e. The van der Waals surface area contributed by atoms with Crippen LogP contribution in [0.15, 0.2) is 18.2 Å². The molecule has 1 fully saturated rings. The van der Waals surface area contributed by atoms with E-state index in [9.17, 15) is 9.18 Å². The molecule has 0 aromatic heterocycles. The van der Waals surface area contributed by atoms with E-state index in [1.807, 2.05) is 0 Å². The molecule has 0 unspecified atom stereocenters. The first kappa shape index (κ1) is 13.8. The second-order valence-corrected chi connectivity index (χ2v) is 4.87. The molecule has 1 aromatic rings. The third kappa shape index (κ3) is 3.90. The van der Waals surface area contributed by atoms with Crippen LogP contribution in [0.3, 0.4) is 0 Å². The number of benzene rings is 1. The molecule has 0 radical (unpaired) electrons. The monoisotopic (exact) mass is 266 g/mol. The van der Waals surface area contributed by atoms with Crippen molar-refractivity contribution in [1.82, 2.24) is 9.80 Å². The zero-order chi connectivity index (χ0) is 13.8. The number of anilines is 1. The highest BCUT2D eigenvalue weighted by molar-refractivity contribution is 5.87. The van der Waals surface area contributed by atoms with Crippen molar-refractivity contribution in [2.45, 2.75) is 6.54 Å². The molecule has 5 nitrogen and oxygen atoms in total. The van der Waals surface area contributed by atoms with Crippen molar-refractivity contribution >= 4 is 11.7 Å². The summed E-state index contributed by atoms with van der Waals surface area (Å²) >= 11 is 0. The Morgan fingerprint density at radius 3 is 2.63 bits per heavy atom. The largest absolute Gasteiger partial charge is 0.351 e. The summed E-state index contributed by atoms with van der Waals surface area (Å²) in [6.45, 7) is 4.48. The summed E-state index contributed by atoms with van der Waals surface area (Å²) in [7, 11) is 2.09. The molecule has 0 saturated carbocycles. The maximum absolute atomic E-state index is 13.9. The van der Waals surface area contributed by atoms with E-state index in [4.69, 9.17) is 5.73 Å². The van der Waals surface area contributed by atoms with E-state index in [1.165, 1.54) is 6.07 Å². The lowest BCUT2D eigenvalue weighted by atomic mass is 10.1. The number of nitrogens with one attached hydrogen (secondary N) is 1. The highest BCUT2D eigenvalue weighted by Gasteiger charge is 2.15. The number of likely N-dealkylation sites (N-methyl/N-ethyl adjacent to an activating group) is 1. The highest BCUT2D eigenvalue weighted by atomic mass is 19.1. The van der Waals surface area contributed by atoms with E-state index in [0.717, 1.165) is 26.2 Å². The fraction of sp³-hybridized carbons (Fsp3) is 0.462. The van der Waals surface area contributed by atoms with Gasteiger partial charge in [-0.3, -0.25) is 4.90 Å². The maximum atomic E-state index is 13.9. The summed E-state index contributed by atoms with van der Waals surface area (Å²) in [5, 5.41) is 2.36. The molecule has 0 aliphatic carbocycles. The van der Waals surface area contributed by atoms with E-state index in [0.29, 0.717) is 17.8 Å². The van der Waals surface area contributed by atoms with Gasteiger partial charge < -0.3 is 16.0 Å². The van der Waals surface area contributed by atoms with Gasteiger partial charge in [0.25, 0.3) is 0 Å². The van der Waals surface area contributed by atoms with E-state index in [1.54, 1.807) is 12.1 Å². The Hall–Kier alpha value is -1.66. The van der Waals surface area contributed by atoms with Crippen LogP contribution in [0.5, 0.6) is 0 Å². The summed E-state index contributed by atoms with van der Waals surface area (Å²) in [5.41, 5.74) is 6.01. The number of urea groups is 1. The molecule has 1 aromatic carbocycles. The van der Waals surface area contributed by atoms with E-state index in [-0.39, 0.29) is 5.82 Å². The molecule has 2 amide bonds. The summed E-state index contributed by atoms with van der Waals surface area (Å²) in [6.07, 6.45) is 0. The van der Waals surface area contributed by atoms with Crippen LogP contribution in [0.25, 0.3) is 0 Å². The van der Waals surface area contributed by atoms with Crippen LogP contribution in [0, 0.1) is 5.82 Å². The number of piperazine rings is 1. The fourth-order valence-corrected chi connectivity index (χ4v) is 2.14. The molecule has 1 aliphatic rings. The van der Waals surface area contributed by atoms with Crippen LogP contribution >= 0.6 is 0 Å². The minimum Gasteiger partial charge on any atom is -0.351 e. The quantitative estimate of drug-likeness (QED) is 0.860. The second-order valence-electron chi connectivity index (χ2n) is 4.87. The number of amides is 2. The van der Waals surface area contributed by atoms with Crippen molar-refractivity contribution in [2.75, 3.05) is 38.5 Å². The van der Waals surface area contributed by atoms with Gasteiger partial charge in [0.15, 0.2) is 0 Å². The summed E-state index contributed by atoms with van der Waals surface area (Å²) < 4.78 is 13.9. The standard InChI is InChI=1S/C13H19FN4O/c1-17-4-6-18(7-5-17)9-10-2-3-11(8-12(10)14)16-13(15)19/h2-3,8H,4-7,9H2,1H3,(H3,15,16,19). The Bertz CT molecular complexity index is 458. The number of nitrogens with two attached hydrogens (primary N) is 1. The molecule has 1 saturated heterocycles. The van der Waals surface area contributed by atoms with Crippen LogP contribution in [-0.2, 0) is 6.54 Å². The number of nitrogens with zero attached hydrogens (tertiary/aromatic N) is 2. The molecular weight excluding hydrogens is 247 g/mol. The van der Waals surface area contributed by atoms with Gasteiger partial charge in [0.1, 0.15) is 5.82 Å². The summed E-state index contributed by atoms with van der Waals surface area (Å²) in [6, 6.07) is 3.97. The Morgan fingerprint density at radius 2 is 2.05 bits per heavy atom. The van der Waals surface area contributed by atoms with Crippen LogP contribution in [-0.4, -0.2) is 49.1 Å². The van der Waals surface area contributed by atoms with Crippen LogP contribution in [0.1, 0.15) is 5.56 Å². The van der Waals surface area contributed by atoms with Crippen LogP contribution < -0.4 is 11.1 Å². The number of halogens is 1. The topological polar surface area (TPSA) is 61.6 Å². The second kappa shape index (κ2) is 5.99. The van der Waals surface area contributed by atoms with Crippen molar-refractivity contribution < 1.29 is 9.18 Å². The number of hydrogen-bond donors (Lipinski definition) is 2. The molecule has 0 bridgehead atoms. The summed E-state index contributed by atoms with van der Waals surface area (Å²) in [4.78, 5) is 15.2. The Kier molecular flexibility index (Phi) is 4.34. The third-order valence-electron chi connectivity index (χ3n) is 3.31. The molecular formula is C13H19FN4O. The molecule has 3 N–H and O–H groups in total. The molecule has 2 rings (SSSR count).